The van der Waals surface area contributed by atoms with E-state index in [4.69, 9.17) is 14.6 Å². The average Bonchev–Trinajstić information content (AvgIpc) is 2.96. The molecule has 2 amide bonds. The maximum Gasteiger partial charge on any atom is 0.341 e. The molecular weight excluding hydrogens is 540 g/mol. The minimum absolute atomic E-state index is 0.154. The summed E-state index contributed by atoms with van der Waals surface area (Å²) in [4.78, 5) is 37.1. The lowest BCUT2D eigenvalue weighted by Crippen LogP contribution is -2.27. The molecule has 0 aliphatic carbocycles. The number of hydrogen-bond donors (Lipinski definition) is 1. The van der Waals surface area contributed by atoms with Crippen molar-refractivity contribution >= 4 is 57.5 Å². The van der Waals surface area contributed by atoms with Crippen molar-refractivity contribution in [3.8, 4) is 11.5 Å². The van der Waals surface area contributed by atoms with E-state index in [1.807, 2.05) is 22.6 Å². The molecule has 1 N–H and O–H groups in total. The summed E-state index contributed by atoms with van der Waals surface area (Å²) in [6.45, 7) is 1.42. The van der Waals surface area contributed by atoms with Gasteiger partial charge in [0.25, 0.3) is 11.1 Å². The van der Waals surface area contributed by atoms with E-state index in [0.717, 1.165) is 16.7 Å². The van der Waals surface area contributed by atoms with Crippen LogP contribution in [0.5, 0.6) is 11.5 Å². The predicted molar refractivity (Wildman–Crippen MR) is 121 cm³/mol. The number of aliphatic carboxylic acids is 1. The summed E-state index contributed by atoms with van der Waals surface area (Å²) in [6.07, 6.45) is 1.54. The molecular formula is C21H17FINO6S. The first-order valence-corrected chi connectivity index (χ1v) is 11.0. The number of hydrogen-bond acceptors (Lipinski definition) is 6. The van der Waals surface area contributed by atoms with E-state index in [1.54, 1.807) is 25.1 Å². The molecule has 0 radical (unpaired) electrons. The number of carboxylic acid groups (broad SMARTS) is 1. The molecule has 0 unspecified atom stereocenters. The van der Waals surface area contributed by atoms with Crippen LogP contribution in [0.2, 0.25) is 0 Å². The molecule has 1 aliphatic rings. The van der Waals surface area contributed by atoms with Gasteiger partial charge < -0.3 is 14.6 Å². The van der Waals surface area contributed by atoms with Crippen LogP contribution >= 0.6 is 34.4 Å². The van der Waals surface area contributed by atoms with Crippen molar-refractivity contribution in [1.82, 2.24) is 4.90 Å². The van der Waals surface area contributed by atoms with Gasteiger partial charge >= 0.3 is 5.97 Å². The van der Waals surface area contributed by atoms with Crippen LogP contribution in [-0.2, 0) is 16.1 Å². The molecule has 0 bridgehead atoms. The first-order chi connectivity index (χ1) is 14.8. The van der Waals surface area contributed by atoms with Crippen LogP contribution in [0.25, 0.3) is 6.08 Å². The number of imide groups is 1. The van der Waals surface area contributed by atoms with Crippen molar-refractivity contribution in [3.05, 3.63) is 61.8 Å². The number of carboxylic acids is 1. The zero-order chi connectivity index (χ0) is 22.5. The summed E-state index contributed by atoms with van der Waals surface area (Å²) in [5, 5.41) is 8.37. The second kappa shape index (κ2) is 10.1. The third-order valence-electron chi connectivity index (χ3n) is 4.13. The molecule has 1 aliphatic heterocycles. The molecule has 2 aromatic carbocycles. The number of nitrogens with zero attached hydrogens (tertiary/aromatic N) is 1. The highest BCUT2D eigenvalue weighted by Crippen LogP contribution is 2.38. The molecule has 162 valence electrons. The van der Waals surface area contributed by atoms with Gasteiger partial charge in [-0.2, -0.15) is 0 Å². The first kappa shape index (κ1) is 23.1. The highest BCUT2D eigenvalue weighted by Gasteiger charge is 2.35. The fraction of sp³-hybridized carbons (Fsp3) is 0.190. The number of carbonyl (C=O) groups excluding carboxylic acids is 2. The van der Waals surface area contributed by atoms with Crippen LogP contribution in [-0.4, -0.2) is 40.3 Å². The third kappa shape index (κ3) is 5.56. The third-order valence-corrected chi connectivity index (χ3v) is 5.84. The summed E-state index contributed by atoms with van der Waals surface area (Å²) in [5.41, 5.74) is 0.825. The molecule has 0 saturated carbocycles. The number of benzene rings is 2. The molecule has 31 heavy (non-hydrogen) atoms. The Labute approximate surface area is 195 Å². The maximum atomic E-state index is 13.9. The van der Waals surface area contributed by atoms with Gasteiger partial charge in [-0.15, -0.1) is 0 Å². The minimum Gasteiger partial charge on any atom is -0.490 e. The topological polar surface area (TPSA) is 93.1 Å². The quantitative estimate of drug-likeness (QED) is 0.377. The Balaban J connectivity index is 1.87. The van der Waals surface area contributed by atoms with Gasteiger partial charge in [0.2, 0.25) is 0 Å². The number of amides is 2. The van der Waals surface area contributed by atoms with Crippen molar-refractivity contribution in [2.45, 2.75) is 13.5 Å². The van der Waals surface area contributed by atoms with Crippen molar-refractivity contribution in [3.63, 3.8) is 0 Å². The molecule has 2 aromatic rings. The molecule has 1 heterocycles. The molecule has 0 atom stereocenters. The molecule has 0 aromatic heterocycles. The highest BCUT2D eigenvalue weighted by molar-refractivity contribution is 14.1. The van der Waals surface area contributed by atoms with Gasteiger partial charge in [0, 0.05) is 5.56 Å². The first-order valence-electron chi connectivity index (χ1n) is 9.09. The van der Waals surface area contributed by atoms with Gasteiger partial charge in [0.05, 0.1) is 21.6 Å². The van der Waals surface area contributed by atoms with Crippen molar-refractivity contribution in [2.75, 3.05) is 13.2 Å². The van der Waals surface area contributed by atoms with Crippen LogP contribution in [0.4, 0.5) is 9.18 Å². The smallest absolute Gasteiger partial charge is 0.341 e. The lowest BCUT2D eigenvalue weighted by molar-refractivity contribution is -0.139. The van der Waals surface area contributed by atoms with Gasteiger partial charge in [-0.1, -0.05) is 18.2 Å². The number of thioether (sulfide) groups is 1. The van der Waals surface area contributed by atoms with Gasteiger partial charge in [-0.05, 0) is 71.1 Å². The lowest BCUT2D eigenvalue weighted by Gasteiger charge is -2.14. The second-order valence-corrected chi connectivity index (χ2v) is 8.46. The fourth-order valence-electron chi connectivity index (χ4n) is 2.79. The number of halogens is 2. The Hall–Kier alpha value is -2.60. The van der Waals surface area contributed by atoms with Crippen LogP contribution < -0.4 is 9.47 Å². The molecule has 0 spiro atoms. The molecule has 7 nitrogen and oxygen atoms in total. The summed E-state index contributed by atoms with van der Waals surface area (Å²) < 4.78 is 25.4. The van der Waals surface area contributed by atoms with Gasteiger partial charge in [-0.3, -0.25) is 14.5 Å². The summed E-state index contributed by atoms with van der Waals surface area (Å²) in [6, 6.07) is 9.26. The Morgan fingerprint density at radius 2 is 2.00 bits per heavy atom. The van der Waals surface area contributed by atoms with Crippen molar-refractivity contribution in [2.24, 2.45) is 0 Å². The number of rotatable bonds is 8. The minimum atomic E-state index is -1.12. The van der Waals surface area contributed by atoms with Gasteiger partial charge in [0.1, 0.15) is 5.82 Å². The Kier molecular flexibility index (Phi) is 7.55. The van der Waals surface area contributed by atoms with Gasteiger partial charge in [-0.25, -0.2) is 9.18 Å². The van der Waals surface area contributed by atoms with Gasteiger partial charge in [0.15, 0.2) is 18.1 Å². The van der Waals surface area contributed by atoms with E-state index in [2.05, 4.69) is 0 Å². The summed E-state index contributed by atoms with van der Waals surface area (Å²) >= 11 is 2.75. The fourth-order valence-corrected chi connectivity index (χ4v) is 4.41. The monoisotopic (exact) mass is 557 g/mol. The molecule has 10 heteroatoms. The van der Waals surface area contributed by atoms with E-state index in [0.29, 0.717) is 21.5 Å². The summed E-state index contributed by atoms with van der Waals surface area (Å²) in [5.74, 6) is -1.51. The SMILES string of the molecule is CCOc1cc(/C=C2\SC(=O)N(Cc3ccccc3F)C2=O)cc(I)c1OCC(=O)O. The highest BCUT2D eigenvalue weighted by atomic mass is 127. The zero-order valence-electron chi connectivity index (χ0n) is 16.3. The van der Waals surface area contributed by atoms with Crippen LogP contribution in [0.1, 0.15) is 18.1 Å². The van der Waals surface area contributed by atoms with Crippen molar-refractivity contribution in [1.29, 1.82) is 0 Å². The Morgan fingerprint density at radius 1 is 1.26 bits per heavy atom. The van der Waals surface area contributed by atoms with E-state index in [1.165, 1.54) is 24.3 Å². The molecule has 1 fully saturated rings. The van der Waals surface area contributed by atoms with E-state index < -0.39 is 29.5 Å². The predicted octanol–water partition coefficient (Wildman–Crippen LogP) is 4.53. The Bertz CT molecular complexity index is 1070. The number of ether oxygens (including phenoxy) is 2. The lowest BCUT2D eigenvalue weighted by atomic mass is 10.1. The van der Waals surface area contributed by atoms with Crippen molar-refractivity contribution < 1.29 is 33.4 Å². The van der Waals surface area contributed by atoms with E-state index in [9.17, 15) is 18.8 Å². The van der Waals surface area contributed by atoms with Crippen LogP contribution in [0.3, 0.4) is 0 Å². The van der Waals surface area contributed by atoms with E-state index in [-0.39, 0.29) is 22.8 Å². The van der Waals surface area contributed by atoms with E-state index >= 15 is 0 Å². The van der Waals surface area contributed by atoms with Crippen LogP contribution in [0, 0.1) is 9.39 Å². The largest absolute Gasteiger partial charge is 0.490 e. The average molecular weight is 557 g/mol. The standard InChI is InChI=1S/C21H17FINO6S/c1-2-29-16-8-12(7-15(23)19(16)30-11-18(25)26)9-17-20(27)24(21(28)31-17)10-13-5-3-4-6-14(13)22/h3-9H,2,10-11H2,1H3,(H,25,26)/b17-9-. The number of carbonyl (C=O) groups is 3. The Morgan fingerprint density at radius 3 is 2.68 bits per heavy atom. The second-order valence-electron chi connectivity index (χ2n) is 6.30. The van der Waals surface area contributed by atoms with Crippen LogP contribution in [0.15, 0.2) is 41.3 Å². The zero-order valence-corrected chi connectivity index (χ0v) is 19.2. The summed E-state index contributed by atoms with van der Waals surface area (Å²) in [7, 11) is 0. The molecule has 1 saturated heterocycles. The maximum absolute atomic E-state index is 13.9. The molecule has 3 rings (SSSR count). The normalized spacial score (nSPS) is 14.9.